The highest BCUT2D eigenvalue weighted by Crippen LogP contribution is 2.20. The Balaban J connectivity index is 2.44. The van der Waals surface area contributed by atoms with Crippen molar-refractivity contribution in [2.24, 2.45) is 0 Å². The molecule has 0 bridgehead atoms. The van der Waals surface area contributed by atoms with Crippen LogP contribution in [0.1, 0.15) is 21.8 Å². The summed E-state index contributed by atoms with van der Waals surface area (Å²) in [4.78, 5) is 14.5. The summed E-state index contributed by atoms with van der Waals surface area (Å²) in [6.45, 7) is 4.10. The van der Waals surface area contributed by atoms with E-state index in [-0.39, 0.29) is 5.89 Å². The summed E-state index contributed by atoms with van der Waals surface area (Å²) in [7, 11) is 0. The molecule has 76 valence electrons. The zero-order chi connectivity index (χ0) is 10.8. The highest BCUT2D eigenvalue weighted by atomic mass is 16.3. The molecule has 1 aromatic carbocycles. The minimum Gasteiger partial charge on any atom is -0.442 e. The van der Waals surface area contributed by atoms with Crippen LogP contribution in [-0.4, -0.2) is 11.3 Å². The molecular formula is C12H11NO2. The van der Waals surface area contributed by atoms with Crippen LogP contribution in [0.3, 0.4) is 0 Å². The molecule has 0 unspecified atom stereocenters. The summed E-state index contributed by atoms with van der Waals surface area (Å²) < 4.78 is 4.96. The Bertz CT molecular complexity index is 500. The predicted octanol–water partition coefficient (Wildman–Crippen LogP) is 2.77. The highest BCUT2D eigenvalue weighted by molar-refractivity contribution is 5.70. The molecule has 3 heteroatoms. The van der Waals surface area contributed by atoms with Crippen LogP contribution >= 0.6 is 0 Å². The van der Waals surface area contributed by atoms with E-state index in [9.17, 15) is 4.79 Å². The maximum absolute atomic E-state index is 10.4. The summed E-state index contributed by atoms with van der Waals surface area (Å²) in [5.74, 6) is 0.114. The van der Waals surface area contributed by atoms with Gasteiger partial charge in [-0.3, -0.25) is 4.79 Å². The molecular weight excluding hydrogens is 190 g/mol. The molecule has 0 N–H and O–H groups in total. The van der Waals surface area contributed by atoms with Crippen molar-refractivity contribution >= 4 is 6.29 Å². The molecule has 1 heterocycles. The maximum atomic E-state index is 10.4. The van der Waals surface area contributed by atoms with Gasteiger partial charge >= 0.3 is 0 Å². The van der Waals surface area contributed by atoms with E-state index < -0.39 is 0 Å². The van der Waals surface area contributed by atoms with Gasteiger partial charge in [0.2, 0.25) is 6.29 Å². The van der Waals surface area contributed by atoms with Gasteiger partial charge in [-0.2, -0.15) is 0 Å². The van der Waals surface area contributed by atoms with Gasteiger partial charge < -0.3 is 4.42 Å². The third-order valence-corrected chi connectivity index (χ3v) is 2.43. The second-order valence-electron chi connectivity index (χ2n) is 3.49. The lowest BCUT2D eigenvalue weighted by atomic mass is 10.1. The fraction of sp³-hybridized carbons (Fsp3) is 0.167. The molecule has 3 nitrogen and oxygen atoms in total. The van der Waals surface area contributed by atoms with Crippen molar-refractivity contribution in [1.29, 1.82) is 0 Å². The molecule has 0 aliphatic heterocycles. The molecule has 0 aliphatic rings. The third kappa shape index (κ3) is 1.81. The van der Waals surface area contributed by atoms with Crippen molar-refractivity contribution < 1.29 is 9.21 Å². The monoisotopic (exact) mass is 201 g/mol. The van der Waals surface area contributed by atoms with Crippen LogP contribution in [0.2, 0.25) is 0 Å². The molecule has 0 amide bonds. The summed E-state index contributed by atoms with van der Waals surface area (Å²) in [5.41, 5.74) is 4.09. The number of hydrogen-bond donors (Lipinski definition) is 0. The number of aromatic nitrogens is 1. The summed E-state index contributed by atoms with van der Waals surface area (Å²) in [5, 5.41) is 0. The number of rotatable bonds is 2. The Morgan fingerprint density at radius 3 is 2.67 bits per heavy atom. The van der Waals surface area contributed by atoms with Crippen LogP contribution in [0.5, 0.6) is 0 Å². The van der Waals surface area contributed by atoms with E-state index in [4.69, 9.17) is 4.42 Å². The molecule has 0 aliphatic carbocycles. The van der Waals surface area contributed by atoms with Gasteiger partial charge in [0.25, 0.3) is 5.89 Å². The highest BCUT2D eigenvalue weighted by Gasteiger charge is 2.05. The molecule has 0 saturated heterocycles. The van der Waals surface area contributed by atoms with Crippen LogP contribution in [0, 0.1) is 13.8 Å². The van der Waals surface area contributed by atoms with Crippen LogP contribution in [-0.2, 0) is 0 Å². The molecule has 0 spiro atoms. The number of aldehydes is 1. The van der Waals surface area contributed by atoms with Gasteiger partial charge in [-0.05, 0) is 31.0 Å². The zero-order valence-electron chi connectivity index (χ0n) is 8.65. The topological polar surface area (TPSA) is 43.1 Å². The van der Waals surface area contributed by atoms with Gasteiger partial charge in [-0.15, -0.1) is 0 Å². The fourth-order valence-corrected chi connectivity index (χ4v) is 1.38. The standard InChI is InChI=1S/C12H11NO2/c1-8-3-4-10(5-9(8)2)11-7-15-12(6-14)13-11/h3-7H,1-2H3. The summed E-state index contributed by atoms with van der Waals surface area (Å²) >= 11 is 0. The van der Waals surface area contributed by atoms with E-state index >= 15 is 0 Å². The van der Waals surface area contributed by atoms with Gasteiger partial charge in [0.15, 0.2) is 0 Å². The fourth-order valence-electron chi connectivity index (χ4n) is 1.38. The summed E-state index contributed by atoms with van der Waals surface area (Å²) in [6, 6.07) is 6.02. The number of nitrogens with zero attached hydrogens (tertiary/aromatic N) is 1. The molecule has 1 aromatic heterocycles. The number of aryl methyl sites for hydroxylation is 2. The molecule has 2 aromatic rings. The number of hydrogen-bond acceptors (Lipinski definition) is 3. The predicted molar refractivity (Wildman–Crippen MR) is 56.8 cm³/mol. The van der Waals surface area contributed by atoms with Crippen LogP contribution in [0.25, 0.3) is 11.3 Å². The Kier molecular flexibility index (Phi) is 2.37. The molecule has 0 radical (unpaired) electrons. The van der Waals surface area contributed by atoms with E-state index in [0.717, 1.165) is 5.56 Å². The van der Waals surface area contributed by atoms with E-state index in [1.165, 1.54) is 17.4 Å². The second kappa shape index (κ2) is 3.69. The first-order valence-electron chi connectivity index (χ1n) is 4.69. The third-order valence-electron chi connectivity index (χ3n) is 2.43. The largest absolute Gasteiger partial charge is 0.442 e. The maximum Gasteiger partial charge on any atom is 0.260 e. The molecule has 0 atom stereocenters. The second-order valence-corrected chi connectivity index (χ2v) is 3.49. The minimum atomic E-state index is 0.114. The van der Waals surface area contributed by atoms with E-state index in [1.807, 2.05) is 25.1 Å². The van der Waals surface area contributed by atoms with Crippen LogP contribution < -0.4 is 0 Å². The first-order chi connectivity index (χ1) is 7.20. The lowest BCUT2D eigenvalue weighted by Gasteiger charge is -2.01. The molecule has 0 fully saturated rings. The Morgan fingerprint density at radius 2 is 2.07 bits per heavy atom. The Morgan fingerprint density at radius 1 is 1.27 bits per heavy atom. The lowest BCUT2D eigenvalue weighted by Crippen LogP contribution is -1.84. The molecule has 2 rings (SSSR count). The molecule has 15 heavy (non-hydrogen) atoms. The van der Waals surface area contributed by atoms with Crippen LogP contribution in [0.15, 0.2) is 28.9 Å². The smallest absolute Gasteiger partial charge is 0.260 e. The van der Waals surface area contributed by atoms with Crippen molar-refractivity contribution in [1.82, 2.24) is 4.98 Å². The van der Waals surface area contributed by atoms with Gasteiger partial charge in [-0.1, -0.05) is 12.1 Å². The number of benzene rings is 1. The summed E-state index contributed by atoms with van der Waals surface area (Å²) in [6.07, 6.45) is 2.10. The average Bonchev–Trinajstić information content (AvgIpc) is 2.70. The van der Waals surface area contributed by atoms with Gasteiger partial charge in [-0.25, -0.2) is 4.98 Å². The number of carbonyl (C=O) groups is 1. The Hall–Kier alpha value is -1.90. The van der Waals surface area contributed by atoms with Crippen molar-refractivity contribution in [2.75, 3.05) is 0 Å². The molecule has 0 saturated carbocycles. The normalized spacial score (nSPS) is 10.3. The number of carbonyl (C=O) groups excluding carboxylic acids is 1. The average molecular weight is 201 g/mol. The quantitative estimate of drug-likeness (QED) is 0.701. The minimum absolute atomic E-state index is 0.114. The first-order valence-corrected chi connectivity index (χ1v) is 4.69. The Labute approximate surface area is 87.8 Å². The zero-order valence-corrected chi connectivity index (χ0v) is 8.65. The van der Waals surface area contributed by atoms with Crippen molar-refractivity contribution in [3.05, 3.63) is 41.5 Å². The SMILES string of the molecule is Cc1ccc(-c2coc(C=O)n2)cc1C. The van der Waals surface area contributed by atoms with Gasteiger partial charge in [0.1, 0.15) is 12.0 Å². The van der Waals surface area contributed by atoms with E-state index in [1.54, 1.807) is 0 Å². The van der Waals surface area contributed by atoms with Gasteiger partial charge in [0.05, 0.1) is 0 Å². The van der Waals surface area contributed by atoms with Gasteiger partial charge in [0, 0.05) is 5.56 Å². The van der Waals surface area contributed by atoms with E-state index in [2.05, 4.69) is 11.9 Å². The van der Waals surface area contributed by atoms with Crippen molar-refractivity contribution in [3.63, 3.8) is 0 Å². The first kappa shape index (κ1) is 9.65. The number of oxazole rings is 1. The van der Waals surface area contributed by atoms with Crippen molar-refractivity contribution in [2.45, 2.75) is 13.8 Å². The van der Waals surface area contributed by atoms with Crippen LogP contribution in [0.4, 0.5) is 0 Å². The lowest BCUT2D eigenvalue weighted by molar-refractivity contribution is 0.109. The van der Waals surface area contributed by atoms with Crippen molar-refractivity contribution in [3.8, 4) is 11.3 Å². The van der Waals surface area contributed by atoms with E-state index in [0.29, 0.717) is 12.0 Å².